The molecule has 0 saturated heterocycles. The number of nitrogens with zero attached hydrogens (tertiary/aromatic N) is 4. The Kier molecular flexibility index (Phi) is 4.11. The number of rotatable bonds is 4. The summed E-state index contributed by atoms with van der Waals surface area (Å²) < 4.78 is 1.66. The topological polar surface area (TPSA) is 67.4 Å². The van der Waals surface area contributed by atoms with Crippen molar-refractivity contribution in [2.75, 3.05) is 33.4 Å². The molecule has 1 rings (SSSR count). The standard InChI is InChI=1S/C11H21N5O/c1-8-9(11(12)16(5)13-8)6-15(4)7-10(17)14(2)3/h6-7,12H2,1-5H3. The summed E-state index contributed by atoms with van der Waals surface area (Å²) in [5.74, 6) is 0.735. The van der Waals surface area contributed by atoms with Gasteiger partial charge in [-0.2, -0.15) is 5.10 Å². The molecule has 0 aliphatic rings. The number of aryl methyl sites for hydroxylation is 2. The van der Waals surface area contributed by atoms with E-state index in [1.165, 1.54) is 0 Å². The van der Waals surface area contributed by atoms with Crippen LogP contribution in [-0.2, 0) is 18.4 Å². The molecule has 0 aliphatic carbocycles. The minimum atomic E-state index is 0.0765. The van der Waals surface area contributed by atoms with Crippen molar-refractivity contribution >= 4 is 11.7 Å². The molecule has 0 fully saturated rings. The maximum absolute atomic E-state index is 11.6. The van der Waals surface area contributed by atoms with E-state index in [0.717, 1.165) is 11.3 Å². The molecule has 2 N–H and O–H groups in total. The van der Waals surface area contributed by atoms with Crippen LogP contribution in [-0.4, -0.2) is 53.2 Å². The van der Waals surface area contributed by atoms with E-state index in [-0.39, 0.29) is 5.91 Å². The summed E-state index contributed by atoms with van der Waals surface area (Å²) in [6.45, 7) is 2.93. The molecule has 1 aromatic rings. The third-order valence-corrected chi connectivity index (χ3v) is 2.73. The van der Waals surface area contributed by atoms with E-state index in [1.807, 2.05) is 25.9 Å². The van der Waals surface area contributed by atoms with Gasteiger partial charge in [0.25, 0.3) is 0 Å². The monoisotopic (exact) mass is 239 g/mol. The molecule has 17 heavy (non-hydrogen) atoms. The van der Waals surface area contributed by atoms with Gasteiger partial charge in [-0.1, -0.05) is 0 Å². The minimum absolute atomic E-state index is 0.0765. The van der Waals surface area contributed by atoms with E-state index in [2.05, 4.69) is 5.10 Å². The first-order valence-electron chi connectivity index (χ1n) is 5.49. The zero-order valence-electron chi connectivity index (χ0n) is 11.2. The molecule has 96 valence electrons. The Morgan fingerprint density at radius 1 is 1.41 bits per heavy atom. The Bertz CT molecular complexity index is 410. The Morgan fingerprint density at radius 3 is 2.41 bits per heavy atom. The largest absolute Gasteiger partial charge is 0.384 e. The molecule has 6 heteroatoms. The van der Waals surface area contributed by atoms with Gasteiger partial charge in [0.15, 0.2) is 0 Å². The Morgan fingerprint density at radius 2 is 2.00 bits per heavy atom. The zero-order chi connectivity index (χ0) is 13.2. The summed E-state index contributed by atoms with van der Waals surface area (Å²) in [6, 6.07) is 0. The molecule has 1 heterocycles. The number of aromatic nitrogens is 2. The highest BCUT2D eigenvalue weighted by Gasteiger charge is 2.14. The molecule has 0 aliphatic heterocycles. The van der Waals surface area contributed by atoms with Crippen molar-refractivity contribution in [3.63, 3.8) is 0 Å². The van der Waals surface area contributed by atoms with Gasteiger partial charge < -0.3 is 10.6 Å². The highest BCUT2D eigenvalue weighted by molar-refractivity contribution is 5.77. The van der Waals surface area contributed by atoms with Crippen LogP contribution in [0.5, 0.6) is 0 Å². The number of nitrogen functional groups attached to an aromatic ring is 1. The predicted octanol–water partition coefficient (Wildman–Crippen LogP) is -0.169. The molecular weight excluding hydrogens is 218 g/mol. The Hall–Kier alpha value is -1.56. The highest BCUT2D eigenvalue weighted by atomic mass is 16.2. The third kappa shape index (κ3) is 3.20. The summed E-state index contributed by atoms with van der Waals surface area (Å²) in [5, 5.41) is 4.25. The van der Waals surface area contributed by atoms with Gasteiger partial charge in [-0.25, -0.2) is 0 Å². The molecule has 0 atom stereocenters. The molecule has 0 spiro atoms. The van der Waals surface area contributed by atoms with Gasteiger partial charge in [-0.3, -0.25) is 14.4 Å². The Labute approximate surface area is 102 Å². The lowest BCUT2D eigenvalue weighted by molar-refractivity contribution is -0.129. The first-order valence-corrected chi connectivity index (χ1v) is 5.49. The van der Waals surface area contributed by atoms with Crippen LogP contribution < -0.4 is 5.73 Å². The van der Waals surface area contributed by atoms with E-state index in [1.54, 1.807) is 23.7 Å². The van der Waals surface area contributed by atoms with Crippen LogP contribution >= 0.6 is 0 Å². The second-order valence-corrected chi connectivity index (χ2v) is 4.53. The second-order valence-electron chi connectivity index (χ2n) is 4.53. The number of carbonyl (C=O) groups excluding carboxylic acids is 1. The summed E-state index contributed by atoms with van der Waals surface area (Å²) in [4.78, 5) is 15.1. The SMILES string of the molecule is Cc1nn(C)c(N)c1CN(C)CC(=O)N(C)C. The lowest BCUT2D eigenvalue weighted by atomic mass is 10.2. The number of carbonyl (C=O) groups is 1. The van der Waals surface area contributed by atoms with Crippen LogP contribution in [0, 0.1) is 6.92 Å². The van der Waals surface area contributed by atoms with Gasteiger partial charge in [-0.05, 0) is 14.0 Å². The van der Waals surface area contributed by atoms with Crippen LogP contribution in [0.25, 0.3) is 0 Å². The maximum atomic E-state index is 11.6. The first kappa shape index (κ1) is 13.5. The van der Waals surface area contributed by atoms with Crippen molar-refractivity contribution in [1.82, 2.24) is 19.6 Å². The van der Waals surface area contributed by atoms with E-state index in [4.69, 9.17) is 5.73 Å². The van der Waals surface area contributed by atoms with Crippen LogP contribution in [0.3, 0.4) is 0 Å². The molecule has 1 amide bonds. The third-order valence-electron chi connectivity index (χ3n) is 2.73. The molecular formula is C11H21N5O. The van der Waals surface area contributed by atoms with Crippen molar-refractivity contribution in [2.24, 2.45) is 7.05 Å². The van der Waals surface area contributed by atoms with Crippen molar-refractivity contribution in [3.8, 4) is 0 Å². The molecule has 0 aromatic carbocycles. The van der Waals surface area contributed by atoms with Gasteiger partial charge in [0.1, 0.15) is 5.82 Å². The normalized spacial score (nSPS) is 10.9. The highest BCUT2D eigenvalue weighted by Crippen LogP contribution is 2.16. The molecule has 6 nitrogen and oxygen atoms in total. The maximum Gasteiger partial charge on any atom is 0.236 e. The zero-order valence-corrected chi connectivity index (χ0v) is 11.2. The molecule has 0 unspecified atom stereocenters. The summed E-state index contributed by atoms with van der Waals surface area (Å²) >= 11 is 0. The fourth-order valence-electron chi connectivity index (χ4n) is 1.61. The fraction of sp³-hybridized carbons (Fsp3) is 0.636. The number of anilines is 1. The number of nitrogens with two attached hydrogens (primary N) is 1. The van der Waals surface area contributed by atoms with Gasteiger partial charge in [0, 0.05) is 33.3 Å². The van der Waals surface area contributed by atoms with Crippen molar-refractivity contribution < 1.29 is 4.79 Å². The lowest BCUT2D eigenvalue weighted by Crippen LogP contribution is -2.34. The van der Waals surface area contributed by atoms with E-state index >= 15 is 0 Å². The molecule has 0 radical (unpaired) electrons. The summed E-state index contributed by atoms with van der Waals surface area (Å²) in [7, 11) is 7.21. The van der Waals surface area contributed by atoms with E-state index in [9.17, 15) is 4.79 Å². The molecule has 0 saturated carbocycles. The van der Waals surface area contributed by atoms with Crippen LogP contribution in [0.2, 0.25) is 0 Å². The quantitative estimate of drug-likeness (QED) is 0.792. The average Bonchev–Trinajstić information content (AvgIpc) is 2.45. The minimum Gasteiger partial charge on any atom is -0.384 e. The summed E-state index contributed by atoms with van der Waals surface area (Å²) in [6.07, 6.45) is 0. The van der Waals surface area contributed by atoms with Gasteiger partial charge in [0.2, 0.25) is 5.91 Å². The lowest BCUT2D eigenvalue weighted by Gasteiger charge is -2.18. The van der Waals surface area contributed by atoms with Crippen LogP contribution in [0.15, 0.2) is 0 Å². The predicted molar refractivity (Wildman–Crippen MR) is 67.4 cm³/mol. The fourth-order valence-corrected chi connectivity index (χ4v) is 1.61. The smallest absolute Gasteiger partial charge is 0.236 e. The van der Waals surface area contributed by atoms with Crippen LogP contribution in [0.4, 0.5) is 5.82 Å². The Balaban J connectivity index is 2.68. The van der Waals surface area contributed by atoms with Crippen molar-refractivity contribution in [1.29, 1.82) is 0 Å². The molecule has 1 aromatic heterocycles. The van der Waals surface area contributed by atoms with Crippen LogP contribution in [0.1, 0.15) is 11.3 Å². The number of hydrogen-bond acceptors (Lipinski definition) is 4. The number of amides is 1. The van der Waals surface area contributed by atoms with E-state index in [0.29, 0.717) is 18.9 Å². The van der Waals surface area contributed by atoms with Crippen molar-refractivity contribution in [2.45, 2.75) is 13.5 Å². The number of hydrogen-bond donors (Lipinski definition) is 1. The van der Waals surface area contributed by atoms with E-state index < -0.39 is 0 Å². The van der Waals surface area contributed by atoms with Gasteiger partial charge in [0.05, 0.1) is 12.2 Å². The average molecular weight is 239 g/mol. The van der Waals surface area contributed by atoms with Gasteiger partial charge in [-0.15, -0.1) is 0 Å². The molecule has 0 bridgehead atoms. The van der Waals surface area contributed by atoms with Gasteiger partial charge >= 0.3 is 0 Å². The summed E-state index contributed by atoms with van der Waals surface area (Å²) in [5.41, 5.74) is 7.82. The second kappa shape index (κ2) is 5.18. The number of likely N-dealkylation sites (N-methyl/N-ethyl adjacent to an activating group) is 2. The first-order chi connectivity index (χ1) is 7.82. The van der Waals surface area contributed by atoms with Crippen molar-refractivity contribution in [3.05, 3.63) is 11.3 Å².